The van der Waals surface area contributed by atoms with Crippen LogP contribution >= 0.6 is 0 Å². The summed E-state index contributed by atoms with van der Waals surface area (Å²) in [7, 11) is -3.15. The number of alkyl halides is 3. The van der Waals surface area contributed by atoms with Crippen molar-refractivity contribution in [2.75, 3.05) is 18.6 Å². The third kappa shape index (κ3) is 5.91. The summed E-state index contributed by atoms with van der Waals surface area (Å²) in [5, 5.41) is 0. The Hall–Kier alpha value is -1.31. The quantitative estimate of drug-likeness (QED) is 0.620. The summed E-state index contributed by atoms with van der Waals surface area (Å²) in [5.74, 6) is -1.48. The number of hydrogen-bond acceptors (Lipinski definition) is 3. The van der Waals surface area contributed by atoms with E-state index < -0.39 is 27.4 Å². The molecule has 108 valence electrons. The van der Waals surface area contributed by atoms with Crippen LogP contribution in [0.5, 0.6) is 5.75 Å². The molecule has 0 radical (unpaired) electrons. The fourth-order valence-corrected chi connectivity index (χ4v) is 1.96. The van der Waals surface area contributed by atoms with Gasteiger partial charge in [-0.25, -0.2) is 12.8 Å². The van der Waals surface area contributed by atoms with Crippen molar-refractivity contribution in [3.8, 4) is 5.75 Å². The molecule has 0 saturated heterocycles. The average molecular weight is 300 g/mol. The number of ether oxygens (including phenoxy) is 1. The number of halogens is 4. The highest BCUT2D eigenvalue weighted by Gasteiger charge is 2.31. The van der Waals surface area contributed by atoms with Gasteiger partial charge in [0.15, 0.2) is 0 Å². The predicted molar refractivity (Wildman–Crippen MR) is 61.2 cm³/mol. The van der Waals surface area contributed by atoms with Gasteiger partial charge in [0.1, 0.15) is 21.4 Å². The number of hydrogen-bond donors (Lipinski definition) is 0. The Labute approximate surface area is 108 Å². The molecule has 0 heterocycles. The van der Waals surface area contributed by atoms with E-state index in [-0.39, 0.29) is 24.5 Å². The van der Waals surface area contributed by atoms with Crippen LogP contribution in [0.1, 0.15) is 12.0 Å². The minimum atomic E-state index is -4.66. The van der Waals surface area contributed by atoms with E-state index in [0.717, 1.165) is 12.3 Å². The lowest BCUT2D eigenvalue weighted by atomic mass is 10.2. The van der Waals surface area contributed by atoms with Gasteiger partial charge in [-0.3, -0.25) is 0 Å². The van der Waals surface area contributed by atoms with Crippen molar-refractivity contribution < 1.29 is 30.7 Å². The van der Waals surface area contributed by atoms with Crippen molar-refractivity contribution >= 4 is 9.84 Å². The maximum Gasteiger partial charge on any atom is 0.416 e. The molecule has 1 aromatic rings. The Morgan fingerprint density at radius 2 is 1.84 bits per heavy atom. The van der Waals surface area contributed by atoms with Crippen LogP contribution in [-0.4, -0.2) is 27.0 Å². The van der Waals surface area contributed by atoms with Crippen molar-refractivity contribution in [3.63, 3.8) is 0 Å². The Kier molecular flexibility index (Phi) is 4.78. The van der Waals surface area contributed by atoms with Gasteiger partial charge in [-0.15, -0.1) is 0 Å². The smallest absolute Gasteiger partial charge is 0.416 e. The third-order valence-electron chi connectivity index (χ3n) is 2.13. The first-order valence-electron chi connectivity index (χ1n) is 5.26. The van der Waals surface area contributed by atoms with Gasteiger partial charge in [-0.05, 0) is 18.6 Å². The first-order valence-corrected chi connectivity index (χ1v) is 7.32. The maximum atomic E-state index is 13.0. The van der Waals surface area contributed by atoms with E-state index >= 15 is 0 Å². The van der Waals surface area contributed by atoms with Gasteiger partial charge < -0.3 is 4.74 Å². The lowest BCUT2D eigenvalue weighted by Gasteiger charge is -2.10. The largest absolute Gasteiger partial charge is 0.493 e. The molecular formula is C11H12F4O3S. The van der Waals surface area contributed by atoms with Gasteiger partial charge in [0.05, 0.1) is 17.9 Å². The Bertz CT molecular complexity index is 537. The standard InChI is InChI=1S/C11H12F4O3S/c1-19(16,17)4-2-3-18-10-6-8(11(13,14)15)5-9(12)7-10/h5-7H,2-4H2,1H3. The molecule has 0 aliphatic carbocycles. The van der Waals surface area contributed by atoms with E-state index in [2.05, 4.69) is 0 Å². The van der Waals surface area contributed by atoms with Gasteiger partial charge in [0.25, 0.3) is 0 Å². The Morgan fingerprint density at radius 3 is 2.37 bits per heavy atom. The summed E-state index contributed by atoms with van der Waals surface area (Å²) in [6.45, 7) is -0.103. The van der Waals surface area contributed by atoms with Crippen molar-refractivity contribution in [3.05, 3.63) is 29.6 Å². The van der Waals surface area contributed by atoms with Crippen LogP contribution in [-0.2, 0) is 16.0 Å². The maximum absolute atomic E-state index is 13.0. The fourth-order valence-electron chi connectivity index (χ4n) is 1.32. The van der Waals surface area contributed by atoms with E-state index in [1.807, 2.05) is 0 Å². The molecule has 1 rings (SSSR count). The van der Waals surface area contributed by atoms with Crippen molar-refractivity contribution in [2.45, 2.75) is 12.6 Å². The molecule has 0 N–H and O–H groups in total. The number of sulfone groups is 1. The Balaban J connectivity index is 2.67. The van der Waals surface area contributed by atoms with Gasteiger partial charge in [-0.2, -0.15) is 13.2 Å². The van der Waals surface area contributed by atoms with Crippen molar-refractivity contribution in [1.82, 2.24) is 0 Å². The zero-order chi connectivity index (χ0) is 14.7. The lowest BCUT2D eigenvalue weighted by Crippen LogP contribution is -2.09. The van der Waals surface area contributed by atoms with Crippen molar-refractivity contribution in [2.24, 2.45) is 0 Å². The molecule has 0 aromatic heterocycles. The van der Waals surface area contributed by atoms with Crippen LogP contribution in [0.25, 0.3) is 0 Å². The van der Waals surface area contributed by atoms with Crippen molar-refractivity contribution in [1.29, 1.82) is 0 Å². The molecule has 1 aromatic carbocycles. The molecule has 0 fully saturated rings. The fraction of sp³-hybridized carbons (Fsp3) is 0.455. The summed E-state index contributed by atoms with van der Waals surface area (Å²) >= 11 is 0. The molecular weight excluding hydrogens is 288 g/mol. The lowest BCUT2D eigenvalue weighted by molar-refractivity contribution is -0.137. The van der Waals surface area contributed by atoms with Crippen LogP contribution in [0.4, 0.5) is 17.6 Å². The monoisotopic (exact) mass is 300 g/mol. The summed E-state index contributed by atoms with van der Waals surface area (Å²) in [6.07, 6.45) is -3.50. The van der Waals surface area contributed by atoms with Gasteiger partial charge in [0.2, 0.25) is 0 Å². The molecule has 19 heavy (non-hydrogen) atoms. The van der Waals surface area contributed by atoms with Gasteiger partial charge >= 0.3 is 6.18 Å². The molecule has 8 heteroatoms. The summed E-state index contributed by atoms with van der Waals surface area (Å²) < 4.78 is 76.7. The highest BCUT2D eigenvalue weighted by Crippen LogP contribution is 2.32. The molecule has 0 bridgehead atoms. The van der Waals surface area contributed by atoms with E-state index in [1.165, 1.54) is 0 Å². The van der Waals surface area contributed by atoms with E-state index in [9.17, 15) is 26.0 Å². The second-order valence-corrected chi connectivity index (χ2v) is 6.27. The molecule has 3 nitrogen and oxygen atoms in total. The predicted octanol–water partition coefficient (Wildman–Crippen LogP) is 2.66. The van der Waals surface area contributed by atoms with Crippen LogP contribution in [0.2, 0.25) is 0 Å². The first-order chi connectivity index (χ1) is 8.58. The minimum Gasteiger partial charge on any atom is -0.493 e. The molecule has 0 aliphatic heterocycles. The number of benzene rings is 1. The zero-order valence-corrected chi connectivity index (χ0v) is 10.8. The molecule has 0 spiro atoms. The highest BCUT2D eigenvalue weighted by molar-refractivity contribution is 7.90. The van der Waals surface area contributed by atoms with E-state index in [0.29, 0.717) is 12.1 Å². The topological polar surface area (TPSA) is 43.4 Å². The summed E-state index contributed by atoms with van der Waals surface area (Å²) in [6, 6.07) is 1.85. The SMILES string of the molecule is CS(=O)(=O)CCCOc1cc(F)cc(C(F)(F)F)c1. The van der Waals surface area contributed by atoms with E-state index in [1.54, 1.807) is 0 Å². The molecule has 0 amide bonds. The first kappa shape index (κ1) is 15.7. The van der Waals surface area contributed by atoms with E-state index in [4.69, 9.17) is 4.74 Å². The molecule has 0 unspecified atom stereocenters. The van der Waals surface area contributed by atoms with Crippen LogP contribution in [0.3, 0.4) is 0 Å². The van der Waals surface area contributed by atoms with Crippen LogP contribution < -0.4 is 4.74 Å². The summed E-state index contributed by atoms with van der Waals surface area (Å²) in [4.78, 5) is 0. The van der Waals surface area contributed by atoms with Gasteiger partial charge in [-0.1, -0.05) is 0 Å². The second kappa shape index (κ2) is 5.77. The normalized spacial score (nSPS) is 12.5. The highest BCUT2D eigenvalue weighted by atomic mass is 32.2. The van der Waals surface area contributed by atoms with Gasteiger partial charge in [0, 0.05) is 12.3 Å². The summed E-state index contributed by atoms with van der Waals surface area (Å²) in [5.41, 5.74) is -1.15. The number of rotatable bonds is 5. The molecule has 0 saturated carbocycles. The van der Waals surface area contributed by atoms with Crippen LogP contribution in [0, 0.1) is 5.82 Å². The minimum absolute atomic E-state index is 0.103. The Morgan fingerprint density at radius 1 is 1.21 bits per heavy atom. The zero-order valence-electron chi connectivity index (χ0n) is 10.00. The van der Waals surface area contributed by atoms with Crippen LogP contribution in [0.15, 0.2) is 18.2 Å². The third-order valence-corrected chi connectivity index (χ3v) is 3.16. The molecule has 0 aliphatic rings. The average Bonchev–Trinajstić information content (AvgIpc) is 2.21. The second-order valence-electron chi connectivity index (χ2n) is 4.01. The molecule has 0 atom stereocenters.